The predicted octanol–water partition coefficient (Wildman–Crippen LogP) is 2.97. The van der Waals surface area contributed by atoms with Crippen LogP contribution in [0.5, 0.6) is 0 Å². The molecule has 0 amide bonds. The van der Waals surface area contributed by atoms with Crippen molar-refractivity contribution in [2.75, 3.05) is 18.5 Å². The summed E-state index contributed by atoms with van der Waals surface area (Å²) in [6.07, 6.45) is 2.00. The lowest BCUT2D eigenvalue weighted by Crippen LogP contribution is -2.18. The first-order valence-electron chi connectivity index (χ1n) is 5.20. The molecule has 0 aliphatic rings. The monoisotopic (exact) mass is 226 g/mol. The summed E-state index contributed by atoms with van der Waals surface area (Å²) < 4.78 is 13.1. The number of nitrogens with zero attached hydrogens (tertiary/aromatic N) is 2. The molecule has 0 radical (unpaired) electrons. The van der Waals surface area contributed by atoms with E-state index in [4.69, 9.17) is 0 Å². The lowest BCUT2D eigenvalue weighted by Gasteiger charge is -2.18. The van der Waals surface area contributed by atoms with Crippen LogP contribution >= 0.6 is 0 Å². The summed E-state index contributed by atoms with van der Waals surface area (Å²) in [6, 6.07) is 3.62. The number of anilines is 1. The van der Waals surface area contributed by atoms with Crippen LogP contribution in [-0.2, 0) is 0 Å². The topological polar surface area (TPSA) is 46.4 Å². The van der Waals surface area contributed by atoms with Gasteiger partial charge in [-0.2, -0.15) is 0 Å². The van der Waals surface area contributed by atoms with Crippen LogP contribution in [0.3, 0.4) is 0 Å². The number of nitro benzene ring substituents is 1. The summed E-state index contributed by atoms with van der Waals surface area (Å²) in [5.74, 6) is -0.576. The quantitative estimate of drug-likeness (QED) is 0.572. The van der Waals surface area contributed by atoms with Crippen molar-refractivity contribution < 1.29 is 9.31 Å². The Labute approximate surface area is 93.8 Å². The van der Waals surface area contributed by atoms with E-state index in [1.54, 1.807) is 7.05 Å². The molecule has 0 saturated carbocycles. The molecule has 0 bridgehead atoms. The van der Waals surface area contributed by atoms with Crippen molar-refractivity contribution in [3.63, 3.8) is 0 Å². The average molecular weight is 226 g/mol. The van der Waals surface area contributed by atoms with E-state index in [2.05, 4.69) is 6.92 Å². The molecule has 4 nitrogen and oxygen atoms in total. The molecule has 0 aliphatic carbocycles. The predicted molar refractivity (Wildman–Crippen MR) is 61.2 cm³/mol. The zero-order valence-corrected chi connectivity index (χ0v) is 9.44. The van der Waals surface area contributed by atoms with Crippen molar-refractivity contribution in [3.05, 3.63) is 34.1 Å². The number of non-ortho nitro benzene ring substituents is 1. The second-order valence-electron chi connectivity index (χ2n) is 3.70. The number of rotatable bonds is 5. The van der Waals surface area contributed by atoms with Crippen LogP contribution < -0.4 is 4.90 Å². The molecule has 1 rings (SSSR count). The number of nitro groups is 1. The van der Waals surface area contributed by atoms with E-state index in [9.17, 15) is 14.5 Å². The third-order valence-electron chi connectivity index (χ3n) is 2.37. The van der Waals surface area contributed by atoms with Crippen LogP contribution in [0.4, 0.5) is 15.8 Å². The van der Waals surface area contributed by atoms with E-state index in [1.165, 1.54) is 12.1 Å². The molecule has 88 valence electrons. The number of hydrogen-bond acceptors (Lipinski definition) is 3. The molecule has 1 aromatic carbocycles. The van der Waals surface area contributed by atoms with Gasteiger partial charge in [0, 0.05) is 25.3 Å². The third kappa shape index (κ3) is 3.18. The van der Waals surface area contributed by atoms with Crippen LogP contribution in [0.25, 0.3) is 0 Å². The SMILES string of the molecule is CCCCN(C)c1cc(F)cc([N+](=O)[O-])c1. The summed E-state index contributed by atoms with van der Waals surface area (Å²) in [5.41, 5.74) is 0.332. The van der Waals surface area contributed by atoms with Gasteiger partial charge >= 0.3 is 0 Å². The Bertz CT molecular complexity index is 382. The van der Waals surface area contributed by atoms with Crippen molar-refractivity contribution >= 4 is 11.4 Å². The van der Waals surface area contributed by atoms with Gasteiger partial charge in [-0.05, 0) is 12.5 Å². The minimum atomic E-state index is -0.583. The maximum atomic E-state index is 13.1. The Morgan fingerprint density at radius 3 is 2.69 bits per heavy atom. The third-order valence-corrected chi connectivity index (χ3v) is 2.37. The van der Waals surface area contributed by atoms with Gasteiger partial charge in [-0.1, -0.05) is 13.3 Å². The van der Waals surface area contributed by atoms with Crippen LogP contribution in [0.1, 0.15) is 19.8 Å². The minimum Gasteiger partial charge on any atom is -0.374 e. The average Bonchev–Trinajstić information content (AvgIpc) is 2.24. The fourth-order valence-corrected chi connectivity index (χ4v) is 1.41. The van der Waals surface area contributed by atoms with Crippen molar-refractivity contribution in [2.24, 2.45) is 0 Å². The molecule has 5 heteroatoms. The molecule has 0 heterocycles. The Balaban J connectivity index is 2.91. The molecular weight excluding hydrogens is 211 g/mol. The molecule has 0 spiro atoms. The van der Waals surface area contributed by atoms with Gasteiger partial charge < -0.3 is 4.90 Å². The van der Waals surface area contributed by atoms with Crippen molar-refractivity contribution in [3.8, 4) is 0 Å². The largest absolute Gasteiger partial charge is 0.374 e. The zero-order chi connectivity index (χ0) is 12.1. The smallest absolute Gasteiger partial charge is 0.274 e. The van der Waals surface area contributed by atoms with Crippen molar-refractivity contribution in [2.45, 2.75) is 19.8 Å². The van der Waals surface area contributed by atoms with Gasteiger partial charge in [-0.25, -0.2) is 4.39 Å². The summed E-state index contributed by atoms with van der Waals surface area (Å²) in [5, 5.41) is 10.6. The van der Waals surface area contributed by atoms with Gasteiger partial charge in [0.1, 0.15) is 5.82 Å². The lowest BCUT2D eigenvalue weighted by atomic mass is 10.2. The Hall–Kier alpha value is -1.65. The van der Waals surface area contributed by atoms with Gasteiger partial charge in [0.05, 0.1) is 11.0 Å². The van der Waals surface area contributed by atoms with E-state index >= 15 is 0 Å². The number of benzene rings is 1. The summed E-state index contributed by atoms with van der Waals surface area (Å²) in [6.45, 7) is 2.82. The molecule has 0 unspecified atom stereocenters. The van der Waals surface area contributed by atoms with Gasteiger partial charge in [-0.3, -0.25) is 10.1 Å². The fourth-order valence-electron chi connectivity index (χ4n) is 1.41. The van der Waals surface area contributed by atoms with E-state index in [0.29, 0.717) is 5.69 Å². The van der Waals surface area contributed by atoms with Crippen LogP contribution in [0.15, 0.2) is 18.2 Å². The van der Waals surface area contributed by atoms with Crippen molar-refractivity contribution in [1.82, 2.24) is 0 Å². The van der Waals surface area contributed by atoms with E-state index < -0.39 is 10.7 Å². The number of hydrogen-bond donors (Lipinski definition) is 0. The highest BCUT2D eigenvalue weighted by Gasteiger charge is 2.11. The molecular formula is C11H15FN2O2. The van der Waals surface area contributed by atoms with Gasteiger partial charge in [0.25, 0.3) is 5.69 Å². The maximum Gasteiger partial charge on any atom is 0.274 e. The van der Waals surface area contributed by atoms with Gasteiger partial charge in [0.2, 0.25) is 0 Å². The minimum absolute atomic E-state index is 0.210. The van der Waals surface area contributed by atoms with E-state index in [1.807, 2.05) is 4.90 Å². The molecule has 0 N–H and O–H groups in total. The highest BCUT2D eigenvalue weighted by Crippen LogP contribution is 2.22. The standard InChI is InChI=1S/C11H15FN2O2/c1-3-4-5-13(2)10-6-9(12)7-11(8-10)14(15)16/h6-8H,3-5H2,1-2H3. The second-order valence-corrected chi connectivity index (χ2v) is 3.70. The van der Waals surface area contributed by atoms with E-state index in [-0.39, 0.29) is 5.69 Å². The highest BCUT2D eigenvalue weighted by molar-refractivity contribution is 5.53. The lowest BCUT2D eigenvalue weighted by molar-refractivity contribution is -0.385. The molecule has 0 atom stereocenters. The Morgan fingerprint density at radius 2 is 2.12 bits per heavy atom. The number of unbranched alkanes of at least 4 members (excludes halogenated alkanes) is 1. The van der Waals surface area contributed by atoms with Gasteiger partial charge in [-0.15, -0.1) is 0 Å². The summed E-state index contributed by atoms with van der Waals surface area (Å²) in [4.78, 5) is 11.8. The number of halogens is 1. The molecule has 1 aromatic rings. The second kappa shape index (κ2) is 5.44. The van der Waals surface area contributed by atoms with Crippen LogP contribution in [0.2, 0.25) is 0 Å². The zero-order valence-electron chi connectivity index (χ0n) is 9.44. The summed E-state index contributed by atoms with van der Waals surface area (Å²) >= 11 is 0. The fraction of sp³-hybridized carbons (Fsp3) is 0.455. The van der Waals surface area contributed by atoms with E-state index in [0.717, 1.165) is 25.5 Å². The molecule has 0 fully saturated rings. The molecule has 0 aromatic heterocycles. The first-order chi connectivity index (χ1) is 7.54. The first kappa shape index (κ1) is 12.4. The molecule has 16 heavy (non-hydrogen) atoms. The van der Waals surface area contributed by atoms with Crippen LogP contribution in [0, 0.1) is 15.9 Å². The Morgan fingerprint density at radius 1 is 1.44 bits per heavy atom. The first-order valence-corrected chi connectivity index (χ1v) is 5.20. The van der Waals surface area contributed by atoms with Crippen LogP contribution in [-0.4, -0.2) is 18.5 Å². The molecule has 0 aliphatic heterocycles. The molecule has 0 saturated heterocycles. The van der Waals surface area contributed by atoms with Crippen molar-refractivity contribution in [1.29, 1.82) is 0 Å². The maximum absolute atomic E-state index is 13.1. The van der Waals surface area contributed by atoms with Gasteiger partial charge in [0.15, 0.2) is 0 Å². The normalized spacial score (nSPS) is 10.2. The Kier molecular flexibility index (Phi) is 4.22. The summed E-state index contributed by atoms with van der Waals surface area (Å²) in [7, 11) is 1.80. The highest BCUT2D eigenvalue weighted by atomic mass is 19.1.